The van der Waals surface area contributed by atoms with Crippen LogP contribution in [0, 0.1) is 6.57 Å². The molecule has 0 aliphatic heterocycles. The van der Waals surface area contributed by atoms with E-state index in [0.717, 1.165) is 5.69 Å². The largest absolute Gasteiger partial charge is 0.359 e. The Morgan fingerprint density at radius 2 is 2.27 bits per heavy atom. The van der Waals surface area contributed by atoms with Gasteiger partial charge in [0, 0.05) is 7.05 Å². The van der Waals surface area contributed by atoms with Crippen molar-refractivity contribution in [1.29, 1.82) is 0 Å². The smallest absolute Gasteiger partial charge is 0.295 e. The van der Waals surface area contributed by atoms with Gasteiger partial charge >= 0.3 is 0 Å². The first-order chi connectivity index (χ1) is 5.15. The number of aromatic nitrogens is 2. The zero-order valence-electron chi connectivity index (χ0n) is 7.00. The van der Waals surface area contributed by atoms with Crippen LogP contribution in [0.3, 0.4) is 0 Å². The highest BCUT2D eigenvalue weighted by Crippen LogP contribution is 2.18. The summed E-state index contributed by atoms with van der Waals surface area (Å²) < 4.78 is 1.76. The third-order valence-corrected chi connectivity index (χ3v) is 1.61. The van der Waals surface area contributed by atoms with Gasteiger partial charge in [-0.3, -0.25) is 0 Å². The minimum absolute atomic E-state index is 0.433. The van der Waals surface area contributed by atoms with E-state index in [2.05, 4.69) is 23.8 Å². The van der Waals surface area contributed by atoms with Gasteiger partial charge in [-0.15, -0.1) is 0 Å². The number of rotatable bonds is 1. The van der Waals surface area contributed by atoms with Crippen molar-refractivity contribution >= 4 is 5.82 Å². The molecule has 0 aliphatic carbocycles. The molecular weight excluding hydrogens is 138 g/mol. The Bertz CT molecular complexity index is 291. The van der Waals surface area contributed by atoms with Crippen molar-refractivity contribution in [1.82, 2.24) is 9.78 Å². The molecule has 0 aromatic carbocycles. The van der Waals surface area contributed by atoms with Crippen LogP contribution >= 0.6 is 0 Å². The molecule has 3 nitrogen and oxygen atoms in total. The second-order valence-corrected chi connectivity index (χ2v) is 2.82. The summed E-state index contributed by atoms with van der Waals surface area (Å²) in [5.41, 5.74) is 1.11. The Kier molecular flexibility index (Phi) is 1.95. The van der Waals surface area contributed by atoms with Crippen LogP contribution in [0.15, 0.2) is 6.07 Å². The fraction of sp³-hybridized carbons (Fsp3) is 0.500. The number of nitrogens with zero attached hydrogens (tertiary/aromatic N) is 3. The van der Waals surface area contributed by atoms with Gasteiger partial charge in [0.05, 0.1) is 5.69 Å². The van der Waals surface area contributed by atoms with E-state index in [9.17, 15) is 0 Å². The van der Waals surface area contributed by atoms with Gasteiger partial charge in [0.1, 0.15) is 0 Å². The molecule has 1 aromatic heterocycles. The topological polar surface area (TPSA) is 22.2 Å². The number of hydrogen-bond acceptors (Lipinski definition) is 1. The predicted octanol–water partition coefficient (Wildman–Crippen LogP) is 2.09. The molecule has 0 fully saturated rings. The van der Waals surface area contributed by atoms with E-state index in [1.807, 2.05) is 13.1 Å². The average molecular weight is 149 g/mol. The summed E-state index contributed by atoms with van der Waals surface area (Å²) in [5, 5.41) is 4.01. The van der Waals surface area contributed by atoms with E-state index in [1.165, 1.54) is 0 Å². The van der Waals surface area contributed by atoms with Crippen molar-refractivity contribution in [3.05, 3.63) is 23.2 Å². The molecule has 1 aromatic rings. The van der Waals surface area contributed by atoms with Crippen molar-refractivity contribution in [3.63, 3.8) is 0 Å². The third-order valence-electron chi connectivity index (χ3n) is 1.61. The van der Waals surface area contributed by atoms with Crippen LogP contribution in [0.5, 0.6) is 0 Å². The Labute approximate surface area is 66.5 Å². The minimum atomic E-state index is 0.433. The van der Waals surface area contributed by atoms with Gasteiger partial charge in [-0.2, -0.15) is 4.68 Å². The van der Waals surface area contributed by atoms with Crippen molar-refractivity contribution in [2.75, 3.05) is 0 Å². The molecule has 0 aliphatic rings. The predicted molar refractivity (Wildman–Crippen MR) is 43.6 cm³/mol. The maximum absolute atomic E-state index is 6.74. The standard InChI is InChI=1S/C8H11N3/c1-6(2)7-5-8(9-3)10-11(7)4/h5-6H,1-2,4H3. The molecule has 0 amide bonds. The van der Waals surface area contributed by atoms with Gasteiger partial charge in [0.15, 0.2) is 0 Å². The molecular formula is C8H11N3. The van der Waals surface area contributed by atoms with Crippen LogP contribution in [0.4, 0.5) is 5.82 Å². The Morgan fingerprint density at radius 3 is 2.55 bits per heavy atom. The molecule has 1 rings (SSSR count). The molecule has 1 heterocycles. The van der Waals surface area contributed by atoms with Crippen LogP contribution in [0.1, 0.15) is 25.5 Å². The molecule has 0 spiro atoms. The van der Waals surface area contributed by atoms with E-state index in [0.29, 0.717) is 11.7 Å². The van der Waals surface area contributed by atoms with Crippen molar-refractivity contribution in [2.24, 2.45) is 7.05 Å². The average Bonchev–Trinajstić information content (AvgIpc) is 2.30. The van der Waals surface area contributed by atoms with Crippen LogP contribution in [0.25, 0.3) is 4.85 Å². The lowest BCUT2D eigenvalue weighted by Gasteiger charge is -2.00. The van der Waals surface area contributed by atoms with Crippen LogP contribution in [-0.4, -0.2) is 9.78 Å². The fourth-order valence-electron chi connectivity index (χ4n) is 1.06. The maximum Gasteiger partial charge on any atom is 0.295 e. The second-order valence-electron chi connectivity index (χ2n) is 2.82. The summed E-state index contributed by atoms with van der Waals surface area (Å²) in [6, 6.07) is 1.83. The van der Waals surface area contributed by atoms with E-state index < -0.39 is 0 Å². The van der Waals surface area contributed by atoms with E-state index in [1.54, 1.807) is 4.68 Å². The van der Waals surface area contributed by atoms with Crippen molar-refractivity contribution < 1.29 is 0 Å². The van der Waals surface area contributed by atoms with Crippen molar-refractivity contribution in [2.45, 2.75) is 19.8 Å². The van der Waals surface area contributed by atoms with Gasteiger partial charge in [-0.1, -0.05) is 20.4 Å². The minimum Gasteiger partial charge on any atom is -0.359 e. The first kappa shape index (κ1) is 7.80. The van der Waals surface area contributed by atoms with Gasteiger partial charge in [0.25, 0.3) is 5.82 Å². The summed E-state index contributed by atoms with van der Waals surface area (Å²) >= 11 is 0. The third kappa shape index (κ3) is 1.40. The van der Waals surface area contributed by atoms with Crippen molar-refractivity contribution in [3.8, 4) is 0 Å². The van der Waals surface area contributed by atoms with Crippen LogP contribution in [-0.2, 0) is 7.05 Å². The summed E-state index contributed by atoms with van der Waals surface area (Å²) in [5.74, 6) is 0.916. The monoisotopic (exact) mass is 149 g/mol. The van der Waals surface area contributed by atoms with E-state index >= 15 is 0 Å². The number of hydrogen-bond donors (Lipinski definition) is 0. The van der Waals surface area contributed by atoms with Crippen LogP contribution < -0.4 is 0 Å². The molecule has 3 heteroatoms. The fourth-order valence-corrected chi connectivity index (χ4v) is 1.06. The first-order valence-electron chi connectivity index (χ1n) is 3.56. The summed E-state index contributed by atoms with van der Waals surface area (Å²) in [7, 11) is 1.87. The van der Waals surface area contributed by atoms with Gasteiger partial charge in [-0.25, -0.2) is 0 Å². The van der Waals surface area contributed by atoms with Gasteiger partial charge in [-0.05, 0) is 17.1 Å². The van der Waals surface area contributed by atoms with Gasteiger partial charge in [0.2, 0.25) is 0 Å². The SMILES string of the molecule is [C-]#[N+]c1cc(C(C)C)n(C)n1. The maximum atomic E-state index is 6.74. The lowest BCUT2D eigenvalue weighted by molar-refractivity contribution is 0.671. The molecule has 0 unspecified atom stereocenters. The molecule has 58 valence electrons. The molecule has 0 N–H and O–H groups in total. The van der Waals surface area contributed by atoms with E-state index in [-0.39, 0.29) is 0 Å². The molecule has 0 bridgehead atoms. The summed E-state index contributed by atoms with van der Waals surface area (Å²) in [6.07, 6.45) is 0. The number of aryl methyl sites for hydroxylation is 1. The Hall–Kier alpha value is -1.30. The normalized spacial score (nSPS) is 10.1. The Balaban J connectivity index is 3.09. The highest BCUT2D eigenvalue weighted by molar-refractivity contribution is 5.37. The summed E-state index contributed by atoms with van der Waals surface area (Å²) in [4.78, 5) is 3.25. The quantitative estimate of drug-likeness (QED) is 0.560. The molecule has 0 saturated heterocycles. The highest BCUT2D eigenvalue weighted by atomic mass is 15.3. The van der Waals surface area contributed by atoms with Crippen LogP contribution in [0.2, 0.25) is 0 Å². The molecule has 11 heavy (non-hydrogen) atoms. The highest BCUT2D eigenvalue weighted by Gasteiger charge is 2.08. The first-order valence-corrected chi connectivity index (χ1v) is 3.56. The molecule has 0 saturated carbocycles. The Morgan fingerprint density at radius 1 is 1.64 bits per heavy atom. The molecule has 0 atom stereocenters. The zero-order chi connectivity index (χ0) is 8.43. The van der Waals surface area contributed by atoms with E-state index in [4.69, 9.17) is 6.57 Å². The lowest BCUT2D eigenvalue weighted by atomic mass is 10.1. The summed E-state index contributed by atoms with van der Waals surface area (Å²) in [6.45, 7) is 10.9. The van der Waals surface area contributed by atoms with Gasteiger partial charge < -0.3 is 4.85 Å². The zero-order valence-corrected chi connectivity index (χ0v) is 7.00. The lowest BCUT2D eigenvalue weighted by Crippen LogP contribution is -1.98. The second kappa shape index (κ2) is 2.75. The molecule has 0 radical (unpaired) electrons.